The molecule has 3 nitrogen and oxygen atoms in total. The second kappa shape index (κ2) is 4.25. The quantitative estimate of drug-likeness (QED) is 0.759. The highest BCUT2D eigenvalue weighted by molar-refractivity contribution is 6.33. The Morgan fingerprint density at radius 3 is 2.69 bits per heavy atom. The Balaban J connectivity index is 2.75. The van der Waals surface area contributed by atoms with Crippen LogP contribution in [0.5, 0.6) is 0 Å². The van der Waals surface area contributed by atoms with Crippen LogP contribution < -0.4 is 11.1 Å². The number of halogens is 1. The zero-order valence-electron chi connectivity index (χ0n) is 7.25. The molecule has 0 aliphatic carbocycles. The molecule has 0 saturated heterocycles. The maximum atomic E-state index is 11.2. The molecule has 0 aliphatic heterocycles. The van der Waals surface area contributed by atoms with Crippen molar-refractivity contribution >= 4 is 23.2 Å². The predicted molar refractivity (Wildman–Crippen MR) is 53.7 cm³/mol. The van der Waals surface area contributed by atoms with E-state index >= 15 is 0 Å². The third kappa shape index (κ3) is 2.72. The number of hydrogen-bond acceptors (Lipinski definition) is 2. The van der Waals surface area contributed by atoms with E-state index in [0.29, 0.717) is 10.7 Å². The minimum absolute atomic E-state index is 0.242. The van der Waals surface area contributed by atoms with Crippen molar-refractivity contribution in [1.82, 2.24) is 0 Å². The summed E-state index contributed by atoms with van der Waals surface area (Å²) in [4.78, 5) is 11.2. The summed E-state index contributed by atoms with van der Waals surface area (Å²) in [7, 11) is 0. The minimum Gasteiger partial charge on any atom is -0.323 e. The van der Waals surface area contributed by atoms with Crippen molar-refractivity contribution < 1.29 is 4.79 Å². The summed E-state index contributed by atoms with van der Waals surface area (Å²) in [6.45, 7) is 1.62. The normalized spacial score (nSPS) is 12.2. The van der Waals surface area contributed by atoms with E-state index in [0.717, 1.165) is 0 Å². The van der Waals surface area contributed by atoms with E-state index in [1.165, 1.54) is 0 Å². The van der Waals surface area contributed by atoms with Gasteiger partial charge in [-0.1, -0.05) is 23.7 Å². The molecular formula is C9H11ClN2O. The third-order valence-corrected chi connectivity index (χ3v) is 1.87. The molecule has 0 saturated carbocycles. The Bertz CT molecular complexity index is 312. The Morgan fingerprint density at radius 2 is 2.15 bits per heavy atom. The number of rotatable bonds is 2. The topological polar surface area (TPSA) is 55.1 Å². The first-order valence-corrected chi connectivity index (χ1v) is 4.30. The van der Waals surface area contributed by atoms with Gasteiger partial charge in [0.15, 0.2) is 0 Å². The summed E-state index contributed by atoms with van der Waals surface area (Å²) in [5, 5.41) is 3.12. The predicted octanol–water partition coefficient (Wildman–Crippen LogP) is 1.63. The van der Waals surface area contributed by atoms with Gasteiger partial charge in [0, 0.05) is 0 Å². The van der Waals surface area contributed by atoms with E-state index in [4.69, 9.17) is 17.3 Å². The largest absolute Gasteiger partial charge is 0.323 e. The number of para-hydroxylation sites is 1. The van der Waals surface area contributed by atoms with Gasteiger partial charge in [-0.15, -0.1) is 0 Å². The highest BCUT2D eigenvalue weighted by atomic mass is 35.5. The van der Waals surface area contributed by atoms with Crippen LogP contribution in [0, 0.1) is 0 Å². The number of nitrogens with one attached hydrogen (secondary N) is 1. The fraction of sp³-hybridized carbons (Fsp3) is 0.222. The molecule has 0 heterocycles. The summed E-state index contributed by atoms with van der Waals surface area (Å²) < 4.78 is 0. The average molecular weight is 199 g/mol. The van der Waals surface area contributed by atoms with E-state index < -0.39 is 6.04 Å². The van der Waals surface area contributed by atoms with Gasteiger partial charge in [0.1, 0.15) is 0 Å². The van der Waals surface area contributed by atoms with Crippen molar-refractivity contribution in [3.63, 3.8) is 0 Å². The number of carbonyl (C=O) groups is 1. The van der Waals surface area contributed by atoms with E-state index in [2.05, 4.69) is 5.32 Å². The molecule has 0 unspecified atom stereocenters. The Hall–Kier alpha value is -1.06. The van der Waals surface area contributed by atoms with Gasteiger partial charge in [-0.3, -0.25) is 4.79 Å². The molecule has 0 radical (unpaired) electrons. The molecule has 1 aromatic rings. The molecule has 0 spiro atoms. The van der Waals surface area contributed by atoms with Gasteiger partial charge < -0.3 is 11.1 Å². The summed E-state index contributed by atoms with van der Waals surface area (Å²) >= 11 is 5.82. The van der Waals surface area contributed by atoms with Crippen LogP contribution in [0.3, 0.4) is 0 Å². The minimum atomic E-state index is -0.531. The van der Waals surface area contributed by atoms with Gasteiger partial charge in [-0.05, 0) is 19.1 Å². The van der Waals surface area contributed by atoms with Crippen molar-refractivity contribution in [2.75, 3.05) is 5.32 Å². The van der Waals surface area contributed by atoms with Crippen LogP contribution in [-0.4, -0.2) is 11.9 Å². The number of nitrogens with two attached hydrogens (primary N) is 1. The zero-order chi connectivity index (χ0) is 9.84. The Kier molecular flexibility index (Phi) is 3.28. The molecule has 0 fully saturated rings. The molecule has 1 atom stereocenters. The molecule has 3 N–H and O–H groups in total. The molecule has 1 rings (SSSR count). The second-order valence-corrected chi connectivity index (χ2v) is 3.16. The van der Waals surface area contributed by atoms with Gasteiger partial charge in [0.05, 0.1) is 16.8 Å². The molecule has 0 aromatic heterocycles. The molecule has 13 heavy (non-hydrogen) atoms. The summed E-state index contributed by atoms with van der Waals surface area (Å²) in [5.41, 5.74) is 5.97. The lowest BCUT2D eigenvalue weighted by Crippen LogP contribution is -2.32. The van der Waals surface area contributed by atoms with E-state index in [1.54, 1.807) is 31.2 Å². The fourth-order valence-corrected chi connectivity index (χ4v) is 0.992. The van der Waals surface area contributed by atoms with Gasteiger partial charge in [0.25, 0.3) is 0 Å². The number of amides is 1. The fourth-order valence-electron chi connectivity index (χ4n) is 0.809. The molecule has 0 aliphatic rings. The van der Waals surface area contributed by atoms with Crippen LogP contribution in [0.4, 0.5) is 5.69 Å². The first kappa shape index (κ1) is 10.0. The van der Waals surface area contributed by atoms with Gasteiger partial charge in [0.2, 0.25) is 5.91 Å². The van der Waals surface area contributed by atoms with Crippen molar-refractivity contribution in [2.45, 2.75) is 13.0 Å². The van der Waals surface area contributed by atoms with Crippen molar-refractivity contribution in [3.05, 3.63) is 29.3 Å². The van der Waals surface area contributed by atoms with Gasteiger partial charge in [-0.25, -0.2) is 0 Å². The van der Waals surface area contributed by atoms with Crippen LogP contribution in [-0.2, 0) is 4.79 Å². The molecule has 1 amide bonds. The van der Waals surface area contributed by atoms with Crippen LogP contribution in [0.15, 0.2) is 24.3 Å². The summed E-state index contributed by atoms with van der Waals surface area (Å²) in [6.07, 6.45) is 0. The lowest BCUT2D eigenvalue weighted by molar-refractivity contribution is -0.117. The number of carbonyl (C=O) groups excluding carboxylic acids is 1. The van der Waals surface area contributed by atoms with E-state index in [-0.39, 0.29) is 5.91 Å². The Morgan fingerprint density at radius 1 is 1.54 bits per heavy atom. The summed E-state index contributed by atoms with van der Waals surface area (Å²) in [5.74, 6) is -0.242. The lowest BCUT2D eigenvalue weighted by Gasteiger charge is -2.08. The Labute approximate surface area is 81.9 Å². The maximum Gasteiger partial charge on any atom is 0.241 e. The molecule has 70 valence electrons. The summed E-state index contributed by atoms with van der Waals surface area (Å²) in [6, 6.07) is 6.49. The van der Waals surface area contributed by atoms with E-state index in [9.17, 15) is 4.79 Å². The third-order valence-electron chi connectivity index (χ3n) is 1.55. The van der Waals surface area contributed by atoms with Crippen molar-refractivity contribution in [2.24, 2.45) is 5.73 Å². The first-order chi connectivity index (χ1) is 6.11. The average Bonchev–Trinajstić information content (AvgIpc) is 2.08. The van der Waals surface area contributed by atoms with Crippen LogP contribution >= 0.6 is 11.6 Å². The smallest absolute Gasteiger partial charge is 0.241 e. The highest BCUT2D eigenvalue weighted by Gasteiger charge is 2.08. The van der Waals surface area contributed by atoms with Crippen LogP contribution in [0.2, 0.25) is 5.02 Å². The standard InChI is InChI=1S/C9H11ClN2O/c1-6(11)9(13)12-8-5-3-2-4-7(8)10/h2-6H,11H2,1H3,(H,12,13)/t6-/m1/s1. The number of benzene rings is 1. The van der Waals surface area contributed by atoms with E-state index in [1.807, 2.05) is 0 Å². The SMILES string of the molecule is C[C@@H](N)C(=O)Nc1ccccc1Cl. The number of anilines is 1. The van der Waals surface area contributed by atoms with Gasteiger partial charge >= 0.3 is 0 Å². The first-order valence-electron chi connectivity index (χ1n) is 3.92. The number of hydrogen-bond donors (Lipinski definition) is 2. The van der Waals surface area contributed by atoms with Crippen LogP contribution in [0.1, 0.15) is 6.92 Å². The lowest BCUT2D eigenvalue weighted by atomic mass is 10.3. The highest BCUT2D eigenvalue weighted by Crippen LogP contribution is 2.20. The van der Waals surface area contributed by atoms with Crippen LogP contribution in [0.25, 0.3) is 0 Å². The van der Waals surface area contributed by atoms with Crippen molar-refractivity contribution in [1.29, 1.82) is 0 Å². The van der Waals surface area contributed by atoms with Crippen molar-refractivity contribution in [3.8, 4) is 0 Å². The molecule has 0 bridgehead atoms. The molecular weight excluding hydrogens is 188 g/mol. The van der Waals surface area contributed by atoms with Gasteiger partial charge in [-0.2, -0.15) is 0 Å². The molecule has 4 heteroatoms. The molecule has 1 aromatic carbocycles. The zero-order valence-corrected chi connectivity index (χ0v) is 8.01. The second-order valence-electron chi connectivity index (χ2n) is 2.76. The monoisotopic (exact) mass is 198 g/mol. The maximum absolute atomic E-state index is 11.2.